The highest BCUT2D eigenvalue weighted by atomic mass is 19.1. The molecule has 0 aliphatic heterocycles. The third-order valence-corrected chi connectivity index (χ3v) is 5.70. The number of carbonyl (C=O) groups excluding carboxylic acids is 2. The largest absolute Gasteiger partial charge is 0.387 e. The number of aliphatic hydroxyl groups is 1. The smallest absolute Gasteiger partial charge is 0.255 e. The van der Waals surface area contributed by atoms with Crippen molar-refractivity contribution in [1.29, 1.82) is 5.26 Å². The Morgan fingerprint density at radius 1 is 1.19 bits per heavy atom. The van der Waals surface area contributed by atoms with Crippen LogP contribution in [-0.4, -0.2) is 49.8 Å². The van der Waals surface area contributed by atoms with Crippen LogP contribution < -0.4 is 16.4 Å². The summed E-state index contributed by atoms with van der Waals surface area (Å²) in [6.45, 7) is 2.24. The molecule has 2 amide bonds. The molecule has 11 heteroatoms. The third kappa shape index (κ3) is 5.55. The molecule has 1 atom stereocenters. The number of fused-ring (bicyclic) bond motifs is 1. The fourth-order valence-electron chi connectivity index (χ4n) is 3.53. The van der Waals surface area contributed by atoms with Crippen molar-refractivity contribution in [3.8, 4) is 17.5 Å². The first-order valence-electron chi connectivity index (χ1n) is 11.3. The molecule has 188 valence electrons. The summed E-state index contributed by atoms with van der Waals surface area (Å²) in [5.41, 5.74) is 7.26. The highest BCUT2D eigenvalue weighted by Gasteiger charge is 2.27. The van der Waals surface area contributed by atoms with Crippen LogP contribution in [0.15, 0.2) is 60.9 Å². The monoisotopic (exact) mass is 501 g/mol. The molecule has 3 heterocycles. The number of rotatable bonds is 8. The zero-order chi connectivity index (χ0) is 26.7. The maximum Gasteiger partial charge on any atom is 0.255 e. The van der Waals surface area contributed by atoms with Gasteiger partial charge in [-0.25, -0.2) is 8.91 Å². The van der Waals surface area contributed by atoms with E-state index < -0.39 is 30.1 Å². The van der Waals surface area contributed by atoms with E-state index in [0.717, 1.165) is 0 Å². The normalized spacial score (nSPS) is 12.1. The summed E-state index contributed by atoms with van der Waals surface area (Å²) in [5.74, 6) is -1.17. The lowest BCUT2D eigenvalue weighted by Gasteiger charge is -2.22. The van der Waals surface area contributed by atoms with Crippen LogP contribution >= 0.6 is 0 Å². The van der Waals surface area contributed by atoms with Crippen LogP contribution in [0, 0.1) is 11.3 Å². The third-order valence-electron chi connectivity index (χ3n) is 5.70. The molecule has 4 aromatic rings. The highest BCUT2D eigenvalue weighted by Crippen LogP contribution is 2.28. The minimum absolute atomic E-state index is 0.131. The number of hydrogen-bond acceptors (Lipinski definition) is 7. The Kier molecular flexibility index (Phi) is 6.86. The lowest BCUT2D eigenvalue weighted by atomic mass is 10.0. The summed E-state index contributed by atoms with van der Waals surface area (Å²) >= 11 is 0. The Bertz CT molecular complexity index is 1520. The Labute approximate surface area is 211 Å². The van der Waals surface area contributed by atoms with Gasteiger partial charge in [-0.3, -0.25) is 14.6 Å². The number of amides is 2. The van der Waals surface area contributed by atoms with Gasteiger partial charge < -0.3 is 21.5 Å². The van der Waals surface area contributed by atoms with Crippen LogP contribution in [0.4, 0.5) is 15.8 Å². The van der Waals surface area contributed by atoms with Crippen LogP contribution in [0.2, 0.25) is 0 Å². The predicted octanol–water partition coefficient (Wildman–Crippen LogP) is 2.95. The van der Waals surface area contributed by atoms with Crippen LogP contribution in [0.25, 0.3) is 16.9 Å². The van der Waals surface area contributed by atoms with E-state index in [-0.39, 0.29) is 5.56 Å². The van der Waals surface area contributed by atoms with Crippen LogP contribution in [-0.2, 0) is 0 Å². The van der Waals surface area contributed by atoms with Gasteiger partial charge >= 0.3 is 0 Å². The van der Waals surface area contributed by atoms with Gasteiger partial charge in [-0.2, -0.15) is 10.4 Å². The topological polar surface area (TPSA) is 158 Å². The summed E-state index contributed by atoms with van der Waals surface area (Å²) in [6, 6.07) is 15.3. The number of nitrogens with one attached hydrogen (secondary N) is 2. The highest BCUT2D eigenvalue weighted by molar-refractivity contribution is 6.00. The van der Waals surface area contributed by atoms with E-state index in [1.807, 2.05) is 6.07 Å². The van der Waals surface area contributed by atoms with Crippen molar-refractivity contribution in [3.05, 3.63) is 77.6 Å². The second kappa shape index (κ2) is 10.0. The van der Waals surface area contributed by atoms with Gasteiger partial charge in [-0.05, 0) is 62.4 Å². The van der Waals surface area contributed by atoms with Gasteiger partial charge in [-0.15, -0.1) is 0 Å². The molecule has 0 unspecified atom stereocenters. The van der Waals surface area contributed by atoms with Crippen molar-refractivity contribution >= 4 is 28.7 Å². The van der Waals surface area contributed by atoms with Gasteiger partial charge in [-0.1, -0.05) is 0 Å². The van der Waals surface area contributed by atoms with E-state index in [1.165, 1.54) is 26.2 Å². The first-order valence-corrected chi connectivity index (χ1v) is 11.3. The summed E-state index contributed by atoms with van der Waals surface area (Å²) in [5, 5.41) is 28.9. The SMILES string of the molecule is CC(C)(O)[C@H](F)CNC(=O)c1cnc(-c2ccc3cc(C#N)cnn23)cc1Nc1ccc(C(N)=O)cc1. The Balaban J connectivity index is 1.71. The Hall–Kier alpha value is -4.82. The molecule has 3 aromatic heterocycles. The van der Waals surface area contributed by atoms with E-state index in [0.29, 0.717) is 39.4 Å². The molecule has 37 heavy (non-hydrogen) atoms. The van der Waals surface area contributed by atoms with Gasteiger partial charge in [0.2, 0.25) is 5.91 Å². The first kappa shape index (κ1) is 25.3. The molecule has 0 aliphatic rings. The summed E-state index contributed by atoms with van der Waals surface area (Å²) < 4.78 is 15.8. The minimum atomic E-state index is -1.68. The predicted molar refractivity (Wildman–Crippen MR) is 135 cm³/mol. The van der Waals surface area contributed by atoms with Gasteiger partial charge in [0, 0.05) is 17.4 Å². The summed E-state index contributed by atoms with van der Waals surface area (Å²) in [7, 11) is 0. The molecule has 0 radical (unpaired) electrons. The van der Waals surface area contributed by atoms with Crippen molar-refractivity contribution in [2.75, 3.05) is 11.9 Å². The van der Waals surface area contributed by atoms with Crippen molar-refractivity contribution in [2.24, 2.45) is 5.73 Å². The Morgan fingerprint density at radius 2 is 1.92 bits per heavy atom. The van der Waals surface area contributed by atoms with Crippen molar-refractivity contribution < 1.29 is 19.1 Å². The molecule has 0 bridgehead atoms. The van der Waals surface area contributed by atoms with Gasteiger partial charge in [0.15, 0.2) is 0 Å². The average Bonchev–Trinajstić information content (AvgIpc) is 3.30. The number of anilines is 2. The molecule has 4 rings (SSSR count). The molecular weight excluding hydrogens is 477 g/mol. The maximum absolute atomic E-state index is 14.2. The van der Waals surface area contributed by atoms with E-state index in [9.17, 15) is 19.1 Å². The lowest BCUT2D eigenvalue weighted by Crippen LogP contribution is -2.42. The number of nitrogens with zero attached hydrogens (tertiary/aromatic N) is 4. The molecule has 5 N–H and O–H groups in total. The maximum atomic E-state index is 14.2. The quantitative estimate of drug-likeness (QED) is 0.289. The molecule has 10 nitrogen and oxygen atoms in total. The number of alkyl halides is 1. The number of hydrogen-bond donors (Lipinski definition) is 4. The average molecular weight is 502 g/mol. The number of pyridine rings is 1. The number of nitriles is 1. The number of benzene rings is 1. The zero-order valence-corrected chi connectivity index (χ0v) is 20.1. The Morgan fingerprint density at radius 3 is 2.57 bits per heavy atom. The van der Waals surface area contributed by atoms with Crippen molar-refractivity contribution in [3.63, 3.8) is 0 Å². The van der Waals surface area contributed by atoms with Gasteiger partial charge in [0.25, 0.3) is 5.91 Å². The van der Waals surface area contributed by atoms with Crippen molar-refractivity contribution in [1.82, 2.24) is 19.9 Å². The van der Waals surface area contributed by atoms with E-state index in [1.54, 1.807) is 53.0 Å². The standard InChI is InChI=1S/C26H24FN7O3/c1-26(2,37)23(27)14-31-25(36)19-13-30-21(22-8-7-18-9-15(11-28)12-32-34(18)22)10-20(19)33-17-5-3-16(4-6-17)24(29)35/h3-10,12-13,23,37H,14H2,1-2H3,(H2,29,35)(H,30,33)(H,31,36)/t23-/m1/s1. The number of carbonyl (C=O) groups is 2. The van der Waals surface area contributed by atoms with E-state index in [2.05, 4.69) is 20.7 Å². The molecule has 0 aliphatic carbocycles. The molecule has 0 fully saturated rings. The fourth-order valence-corrected chi connectivity index (χ4v) is 3.53. The fraction of sp³-hybridized carbons (Fsp3) is 0.192. The van der Waals surface area contributed by atoms with E-state index in [4.69, 9.17) is 11.0 Å². The van der Waals surface area contributed by atoms with Gasteiger partial charge in [0.05, 0.1) is 52.1 Å². The second-order valence-electron chi connectivity index (χ2n) is 8.92. The van der Waals surface area contributed by atoms with Gasteiger partial charge in [0.1, 0.15) is 12.2 Å². The molecule has 1 aromatic carbocycles. The second-order valence-corrected chi connectivity index (χ2v) is 8.92. The number of aromatic nitrogens is 3. The van der Waals surface area contributed by atoms with Crippen LogP contribution in [0.3, 0.4) is 0 Å². The molecule has 0 saturated heterocycles. The van der Waals surface area contributed by atoms with E-state index >= 15 is 0 Å². The lowest BCUT2D eigenvalue weighted by molar-refractivity contribution is -0.00177. The summed E-state index contributed by atoms with van der Waals surface area (Å²) in [6.07, 6.45) is 1.11. The minimum Gasteiger partial charge on any atom is -0.387 e. The number of halogens is 1. The number of primary amides is 1. The number of nitrogens with two attached hydrogens (primary N) is 1. The summed E-state index contributed by atoms with van der Waals surface area (Å²) in [4.78, 5) is 28.8. The molecule has 0 spiro atoms. The first-order chi connectivity index (χ1) is 17.6. The van der Waals surface area contributed by atoms with Crippen LogP contribution in [0.5, 0.6) is 0 Å². The zero-order valence-electron chi connectivity index (χ0n) is 20.1. The van der Waals surface area contributed by atoms with Crippen LogP contribution in [0.1, 0.15) is 40.1 Å². The molecular formula is C26H24FN7O3. The van der Waals surface area contributed by atoms with Crippen molar-refractivity contribution in [2.45, 2.75) is 25.6 Å². The molecule has 0 saturated carbocycles.